The van der Waals surface area contributed by atoms with E-state index in [1.54, 1.807) is 12.0 Å². The van der Waals surface area contributed by atoms with Gasteiger partial charge >= 0.3 is 0 Å². The third-order valence-corrected chi connectivity index (χ3v) is 6.17. The highest BCUT2D eigenvalue weighted by Gasteiger charge is 2.23. The van der Waals surface area contributed by atoms with Crippen LogP contribution >= 0.6 is 0 Å². The molecule has 0 aliphatic carbocycles. The summed E-state index contributed by atoms with van der Waals surface area (Å²) in [5.74, 6) is -0.255. The molecule has 0 saturated carbocycles. The van der Waals surface area contributed by atoms with Gasteiger partial charge in [0.2, 0.25) is 5.91 Å². The van der Waals surface area contributed by atoms with E-state index in [4.69, 9.17) is 4.74 Å². The summed E-state index contributed by atoms with van der Waals surface area (Å²) in [6.45, 7) is 3.82. The van der Waals surface area contributed by atoms with Crippen molar-refractivity contribution >= 4 is 11.8 Å². The van der Waals surface area contributed by atoms with Crippen LogP contribution in [-0.4, -0.2) is 53.0 Å². The van der Waals surface area contributed by atoms with Crippen LogP contribution in [0.5, 0.6) is 0 Å². The van der Waals surface area contributed by atoms with Crippen LogP contribution in [0.25, 0.3) is 0 Å². The quantitative estimate of drug-likeness (QED) is 0.361. The second kappa shape index (κ2) is 13.5. The summed E-state index contributed by atoms with van der Waals surface area (Å²) < 4.78 is 7.25. The van der Waals surface area contributed by atoms with Crippen molar-refractivity contribution in [2.24, 2.45) is 7.05 Å². The Morgan fingerprint density at radius 1 is 0.886 bits per heavy atom. The summed E-state index contributed by atoms with van der Waals surface area (Å²) in [6.07, 6.45) is 5.24. The molecule has 0 bridgehead atoms. The topological polar surface area (TPSA) is 54.8 Å². The van der Waals surface area contributed by atoms with Crippen molar-refractivity contribution in [3.05, 3.63) is 95.3 Å². The minimum Gasteiger partial charge on any atom is -0.383 e. The summed E-state index contributed by atoms with van der Waals surface area (Å²) in [7, 11) is 3.57. The summed E-state index contributed by atoms with van der Waals surface area (Å²) in [5, 5.41) is 0. The lowest BCUT2D eigenvalue weighted by atomic mass is 10.1. The monoisotopic (exact) mass is 475 g/mol. The fourth-order valence-corrected chi connectivity index (χ4v) is 3.99. The summed E-state index contributed by atoms with van der Waals surface area (Å²) in [5.41, 5.74) is 3.89. The van der Waals surface area contributed by atoms with Gasteiger partial charge in [-0.2, -0.15) is 0 Å². The van der Waals surface area contributed by atoms with Crippen LogP contribution < -0.4 is 0 Å². The highest BCUT2D eigenvalue weighted by molar-refractivity contribution is 5.96. The van der Waals surface area contributed by atoms with Crippen molar-refractivity contribution in [2.45, 2.75) is 39.3 Å². The zero-order chi connectivity index (χ0) is 25.0. The van der Waals surface area contributed by atoms with Gasteiger partial charge < -0.3 is 19.1 Å². The van der Waals surface area contributed by atoms with Crippen LogP contribution in [-0.2, 0) is 36.1 Å². The Hall–Kier alpha value is -3.38. The first-order chi connectivity index (χ1) is 17.0. The van der Waals surface area contributed by atoms with E-state index in [2.05, 4.69) is 6.92 Å². The number of benzene rings is 2. The Labute approximate surface area is 209 Å². The fraction of sp³-hybridized carbons (Fsp3) is 0.379. The first-order valence-corrected chi connectivity index (χ1v) is 12.3. The zero-order valence-corrected chi connectivity index (χ0v) is 21.2. The molecule has 0 atom stereocenters. The highest BCUT2D eigenvalue weighted by Crippen LogP contribution is 2.14. The standard InChI is InChI=1S/C29H37N3O3/c1-4-5-10-24-14-16-26(17-15-24)29(34)31(19-20-35-3)23-28(33)32(21-25-11-7-6-8-12-25)22-27-13-9-18-30(27)2/h6-9,11-18H,4-5,10,19-23H2,1-3H3. The number of aromatic nitrogens is 1. The van der Waals surface area contributed by atoms with Gasteiger partial charge in [-0.25, -0.2) is 0 Å². The van der Waals surface area contributed by atoms with Crippen molar-refractivity contribution in [2.75, 3.05) is 26.8 Å². The first kappa shape index (κ1) is 26.2. The fourth-order valence-electron chi connectivity index (χ4n) is 3.99. The molecular formula is C29H37N3O3. The number of carbonyl (C=O) groups is 2. The average Bonchev–Trinajstić information content (AvgIpc) is 3.29. The maximum Gasteiger partial charge on any atom is 0.254 e. The van der Waals surface area contributed by atoms with Crippen LogP contribution in [0.3, 0.4) is 0 Å². The number of methoxy groups -OCH3 is 1. The Bertz CT molecular complexity index is 1060. The van der Waals surface area contributed by atoms with E-state index in [-0.39, 0.29) is 18.4 Å². The van der Waals surface area contributed by atoms with Crippen molar-refractivity contribution in [3.63, 3.8) is 0 Å². The molecule has 0 saturated heterocycles. The van der Waals surface area contributed by atoms with Gasteiger partial charge in [-0.1, -0.05) is 55.8 Å². The number of amides is 2. The third kappa shape index (κ3) is 7.82. The van der Waals surface area contributed by atoms with E-state index in [0.29, 0.717) is 31.8 Å². The smallest absolute Gasteiger partial charge is 0.254 e. The number of rotatable bonds is 13. The molecule has 0 radical (unpaired) electrons. The minimum atomic E-state index is -0.157. The molecule has 2 aromatic carbocycles. The number of carbonyl (C=O) groups excluding carboxylic acids is 2. The normalized spacial score (nSPS) is 10.8. The number of hydrogen-bond donors (Lipinski definition) is 0. The minimum absolute atomic E-state index is 0.00294. The van der Waals surface area contributed by atoms with Crippen LogP contribution in [0.4, 0.5) is 0 Å². The van der Waals surface area contributed by atoms with Crippen molar-refractivity contribution in [1.82, 2.24) is 14.4 Å². The second-order valence-electron chi connectivity index (χ2n) is 8.87. The Morgan fingerprint density at radius 2 is 1.63 bits per heavy atom. The predicted molar refractivity (Wildman–Crippen MR) is 139 cm³/mol. The van der Waals surface area contributed by atoms with E-state index in [0.717, 1.165) is 30.5 Å². The zero-order valence-electron chi connectivity index (χ0n) is 21.2. The Balaban J connectivity index is 1.77. The van der Waals surface area contributed by atoms with E-state index < -0.39 is 0 Å². The van der Waals surface area contributed by atoms with Crippen molar-refractivity contribution in [3.8, 4) is 0 Å². The molecule has 0 N–H and O–H groups in total. The molecule has 0 spiro atoms. The van der Waals surface area contributed by atoms with Gasteiger partial charge in [-0.05, 0) is 48.2 Å². The van der Waals surface area contributed by atoms with E-state index in [9.17, 15) is 9.59 Å². The molecule has 1 heterocycles. The van der Waals surface area contributed by atoms with Gasteiger partial charge in [0.1, 0.15) is 6.54 Å². The van der Waals surface area contributed by atoms with Gasteiger partial charge in [0.15, 0.2) is 0 Å². The largest absolute Gasteiger partial charge is 0.383 e. The van der Waals surface area contributed by atoms with Crippen molar-refractivity contribution < 1.29 is 14.3 Å². The molecule has 3 rings (SSSR count). The van der Waals surface area contributed by atoms with Crippen molar-refractivity contribution in [1.29, 1.82) is 0 Å². The maximum atomic E-state index is 13.5. The maximum absolute atomic E-state index is 13.5. The van der Waals surface area contributed by atoms with Crippen LogP contribution in [0.1, 0.15) is 46.9 Å². The van der Waals surface area contributed by atoms with E-state index in [1.807, 2.05) is 89.4 Å². The molecule has 0 aliphatic rings. The molecule has 1 aromatic heterocycles. The number of nitrogens with zero attached hydrogens (tertiary/aromatic N) is 3. The van der Waals surface area contributed by atoms with Gasteiger partial charge in [0.25, 0.3) is 5.91 Å². The SMILES string of the molecule is CCCCc1ccc(C(=O)N(CCOC)CC(=O)N(Cc2ccccc2)Cc2cccn2C)cc1. The lowest BCUT2D eigenvalue weighted by Gasteiger charge is -2.28. The van der Waals surface area contributed by atoms with Crippen LogP contribution in [0, 0.1) is 0 Å². The van der Waals surface area contributed by atoms with Gasteiger partial charge in [0, 0.05) is 44.7 Å². The summed E-state index contributed by atoms with van der Waals surface area (Å²) in [6, 6.07) is 21.7. The van der Waals surface area contributed by atoms with E-state index in [1.165, 1.54) is 5.56 Å². The van der Waals surface area contributed by atoms with Crippen LogP contribution in [0.2, 0.25) is 0 Å². The number of unbranched alkanes of at least 4 members (excludes halogenated alkanes) is 1. The van der Waals surface area contributed by atoms with E-state index >= 15 is 0 Å². The molecule has 2 amide bonds. The summed E-state index contributed by atoms with van der Waals surface area (Å²) >= 11 is 0. The van der Waals surface area contributed by atoms with Gasteiger partial charge in [-0.3, -0.25) is 9.59 Å². The molecule has 0 unspecified atom stereocenters. The second-order valence-corrected chi connectivity index (χ2v) is 8.87. The Kier molecular flexibility index (Phi) is 10.1. The highest BCUT2D eigenvalue weighted by atomic mass is 16.5. The lowest BCUT2D eigenvalue weighted by molar-refractivity contribution is -0.133. The average molecular weight is 476 g/mol. The number of hydrogen-bond acceptors (Lipinski definition) is 3. The molecular weight excluding hydrogens is 438 g/mol. The number of ether oxygens (including phenoxy) is 1. The predicted octanol–water partition coefficient (Wildman–Crippen LogP) is 4.69. The first-order valence-electron chi connectivity index (χ1n) is 12.3. The number of aryl methyl sites for hydroxylation is 2. The molecule has 35 heavy (non-hydrogen) atoms. The molecule has 186 valence electrons. The summed E-state index contributed by atoms with van der Waals surface area (Å²) in [4.78, 5) is 30.3. The molecule has 6 nitrogen and oxygen atoms in total. The molecule has 3 aromatic rings. The van der Waals surface area contributed by atoms with Gasteiger partial charge in [-0.15, -0.1) is 0 Å². The van der Waals surface area contributed by atoms with Crippen LogP contribution in [0.15, 0.2) is 72.9 Å². The Morgan fingerprint density at radius 3 is 2.26 bits per heavy atom. The molecule has 0 fully saturated rings. The third-order valence-electron chi connectivity index (χ3n) is 6.17. The molecule has 0 aliphatic heterocycles. The molecule has 6 heteroatoms. The van der Waals surface area contributed by atoms with Gasteiger partial charge in [0.05, 0.1) is 13.2 Å². The lowest BCUT2D eigenvalue weighted by Crippen LogP contribution is -2.44.